The second-order valence-electron chi connectivity index (χ2n) is 6.19. The average molecular weight is 326 g/mol. The monoisotopic (exact) mass is 326 g/mol. The Morgan fingerprint density at radius 1 is 1.25 bits per heavy atom. The third kappa shape index (κ3) is 3.92. The van der Waals surface area contributed by atoms with E-state index in [9.17, 15) is 9.59 Å². The fourth-order valence-electron chi connectivity index (χ4n) is 2.97. The summed E-state index contributed by atoms with van der Waals surface area (Å²) < 4.78 is 5.68. The van der Waals surface area contributed by atoms with E-state index >= 15 is 0 Å². The van der Waals surface area contributed by atoms with E-state index in [-0.39, 0.29) is 23.1 Å². The van der Waals surface area contributed by atoms with Gasteiger partial charge in [-0.3, -0.25) is 9.59 Å². The number of ether oxygens (including phenoxy) is 1. The number of carbonyl (C=O) groups excluding carboxylic acids is 1. The van der Waals surface area contributed by atoms with E-state index in [1.165, 1.54) is 0 Å². The summed E-state index contributed by atoms with van der Waals surface area (Å²) in [7, 11) is 0. The molecule has 24 heavy (non-hydrogen) atoms. The summed E-state index contributed by atoms with van der Waals surface area (Å²) >= 11 is 0. The van der Waals surface area contributed by atoms with Crippen LogP contribution in [0.5, 0.6) is 0 Å². The number of aromatic amines is 1. The van der Waals surface area contributed by atoms with Crippen molar-refractivity contribution in [1.29, 1.82) is 0 Å². The first-order valence-electron chi connectivity index (χ1n) is 8.28. The minimum absolute atomic E-state index is 0.0437. The van der Waals surface area contributed by atoms with E-state index in [1.807, 2.05) is 30.3 Å². The predicted molar refractivity (Wildman–Crippen MR) is 92.0 cm³/mol. The van der Waals surface area contributed by atoms with Crippen LogP contribution in [-0.2, 0) is 11.3 Å². The van der Waals surface area contributed by atoms with Crippen molar-refractivity contribution in [2.45, 2.75) is 32.4 Å². The van der Waals surface area contributed by atoms with Crippen molar-refractivity contribution in [3.63, 3.8) is 0 Å². The van der Waals surface area contributed by atoms with Crippen molar-refractivity contribution in [3.05, 3.63) is 69.6 Å². The van der Waals surface area contributed by atoms with Crippen LogP contribution in [0.15, 0.2) is 47.3 Å². The van der Waals surface area contributed by atoms with Crippen molar-refractivity contribution in [2.75, 3.05) is 13.2 Å². The van der Waals surface area contributed by atoms with Crippen molar-refractivity contribution in [1.82, 2.24) is 9.88 Å². The minimum Gasteiger partial charge on any atom is -0.376 e. The molecule has 5 heteroatoms. The number of H-pyrrole nitrogens is 1. The lowest BCUT2D eigenvalue weighted by Gasteiger charge is -2.25. The first kappa shape index (κ1) is 16.5. The SMILES string of the molecule is Cc1ccc(C(=O)N(Cc2ccccc2)C[C@H]2CCCO2)c(=O)[nH]1. The number of carbonyl (C=O) groups is 1. The number of aromatic nitrogens is 1. The van der Waals surface area contributed by atoms with Gasteiger partial charge in [0.05, 0.1) is 6.10 Å². The number of amides is 1. The third-order valence-electron chi connectivity index (χ3n) is 4.24. The fraction of sp³-hybridized carbons (Fsp3) is 0.368. The van der Waals surface area contributed by atoms with Crippen LogP contribution in [0.4, 0.5) is 0 Å². The number of pyridine rings is 1. The molecule has 0 saturated carbocycles. The maximum absolute atomic E-state index is 12.9. The van der Waals surface area contributed by atoms with Crippen molar-refractivity contribution in [2.24, 2.45) is 0 Å². The van der Waals surface area contributed by atoms with E-state index < -0.39 is 0 Å². The van der Waals surface area contributed by atoms with Crippen molar-refractivity contribution >= 4 is 5.91 Å². The molecule has 0 bridgehead atoms. The molecule has 1 atom stereocenters. The molecule has 0 spiro atoms. The maximum atomic E-state index is 12.9. The molecule has 1 fully saturated rings. The molecule has 1 aromatic heterocycles. The standard InChI is InChI=1S/C19H22N2O3/c1-14-9-10-17(18(22)20-14)19(23)21(13-16-8-5-11-24-16)12-15-6-3-2-4-7-15/h2-4,6-7,9-10,16H,5,8,11-13H2,1H3,(H,20,22)/t16-/m1/s1. The summed E-state index contributed by atoms with van der Waals surface area (Å²) in [5.74, 6) is -0.254. The van der Waals surface area contributed by atoms with Crippen LogP contribution in [0.2, 0.25) is 0 Å². The molecule has 1 saturated heterocycles. The molecule has 1 aromatic carbocycles. The normalized spacial score (nSPS) is 17.0. The zero-order valence-electron chi connectivity index (χ0n) is 13.8. The highest BCUT2D eigenvalue weighted by Gasteiger charge is 2.25. The maximum Gasteiger partial charge on any atom is 0.260 e. The highest BCUT2D eigenvalue weighted by Crippen LogP contribution is 2.16. The van der Waals surface area contributed by atoms with Crippen LogP contribution in [0.3, 0.4) is 0 Å². The molecule has 3 rings (SSSR count). The molecule has 1 aliphatic rings. The summed E-state index contributed by atoms with van der Waals surface area (Å²) in [5.41, 5.74) is 1.61. The number of nitrogens with zero attached hydrogens (tertiary/aromatic N) is 1. The van der Waals surface area contributed by atoms with Gasteiger partial charge in [0.2, 0.25) is 0 Å². The molecule has 5 nitrogen and oxygen atoms in total. The van der Waals surface area contributed by atoms with Gasteiger partial charge in [0.15, 0.2) is 0 Å². The minimum atomic E-state index is -0.342. The molecule has 0 radical (unpaired) electrons. The van der Waals surface area contributed by atoms with Crippen LogP contribution in [-0.4, -0.2) is 35.0 Å². The number of benzene rings is 1. The summed E-state index contributed by atoms with van der Waals surface area (Å²) in [5, 5.41) is 0. The zero-order chi connectivity index (χ0) is 16.9. The summed E-state index contributed by atoms with van der Waals surface area (Å²) in [6.45, 7) is 3.50. The van der Waals surface area contributed by atoms with E-state index in [0.29, 0.717) is 13.1 Å². The van der Waals surface area contributed by atoms with Gasteiger partial charge in [-0.15, -0.1) is 0 Å². The van der Waals surface area contributed by atoms with Crippen LogP contribution < -0.4 is 5.56 Å². The Labute approximate surface area is 141 Å². The Balaban J connectivity index is 1.84. The van der Waals surface area contributed by atoms with E-state index in [2.05, 4.69) is 4.98 Å². The third-order valence-corrected chi connectivity index (χ3v) is 4.24. The van der Waals surface area contributed by atoms with Gasteiger partial charge < -0.3 is 14.6 Å². The Morgan fingerprint density at radius 3 is 2.71 bits per heavy atom. The molecule has 126 valence electrons. The molecule has 1 amide bonds. The number of hydrogen-bond donors (Lipinski definition) is 1. The molecule has 1 N–H and O–H groups in total. The van der Waals surface area contributed by atoms with Gasteiger partial charge in [0.1, 0.15) is 5.56 Å². The molecule has 2 aromatic rings. The number of rotatable bonds is 5. The topological polar surface area (TPSA) is 62.4 Å². The van der Waals surface area contributed by atoms with Gasteiger partial charge in [-0.25, -0.2) is 0 Å². The van der Waals surface area contributed by atoms with Gasteiger partial charge >= 0.3 is 0 Å². The van der Waals surface area contributed by atoms with Crippen LogP contribution in [0, 0.1) is 6.92 Å². The lowest BCUT2D eigenvalue weighted by Crippen LogP contribution is -2.39. The smallest absolute Gasteiger partial charge is 0.260 e. The molecule has 0 aliphatic carbocycles. The Morgan fingerprint density at radius 2 is 2.04 bits per heavy atom. The Kier molecular flexibility index (Phi) is 5.11. The summed E-state index contributed by atoms with van der Waals surface area (Å²) in [6, 6.07) is 13.2. The molecule has 2 heterocycles. The summed E-state index contributed by atoms with van der Waals surface area (Å²) in [6.07, 6.45) is 2.01. The number of aryl methyl sites for hydroxylation is 1. The summed E-state index contributed by atoms with van der Waals surface area (Å²) in [4.78, 5) is 29.5. The van der Waals surface area contributed by atoms with E-state index in [1.54, 1.807) is 24.0 Å². The Bertz CT molecular complexity index is 749. The molecule has 0 unspecified atom stereocenters. The van der Waals surface area contributed by atoms with Crippen LogP contribution in [0.25, 0.3) is 0 Å². The van der Waals surface area contributed by atoms with Gasteiger partial charge in [-0.1, -0.05) is 30.3 Å². The molecular formula is C19H22N2O3. The zero-order valence-corrected chi connectivity index (χ0v) is 13.8. The van der Waals surface area contributed by atoms with Gasteiger partial charge in [-0.05, 0) is 37.5 Å². The first-order valence-corrected chi connectivity index (χ1v) is 8.28. The second-order valence-corrected chi connectivity index (χ2v) is 6.19. The number of nitrogens with one attached hydrogen (secondary N) is 1. The quantitative estimate of drug-likeness (QED) is 0.918. The Hall–Kier alpha value is -2.40. The fourth-order valence-corrected chi connectivity index (χ4v) is 2.97. The number of hydrogen-bond acceptors (Lipinski definition) is 3. The van der Waals surface area contributed by atoms with E-state index in [0.717, 1.165) is 30.7 Å². The van der Waals surface area contributed by atoms with Crippen molar-refractivity contribution < 1.29 is 9.53 Å². The lowest BCUT2D eigenvalue weighted by molar-refractivity contribution is 0.0506. The predicted octanol–water partition coefficient (Wildman–Crippen LogP) is 2.50. The highest BCUT2D eigenvalue weighted by molar-refractivity contribution is 5.93. The van der Waals surface area contributed by atoms with Crippen LogP contribution >= 0.6 is 0 Å². The molecule has 1 aliphatic heterocycles. The van der Waals surface area contributed by atoms with Crippen LogP contribution in [0.1, 0.15) is 34.5 Å². The largest absolute Gasteiger partial charge is 0.376 e. The van der Waals surface area contributed by atoms with E-state index in [4.69, 9.17) is 4.74 Å². The van der Waals surface area contributed by atoms with Gasteiger partial charge in [-0.2, -0.15) is 0 Å². The van der Waals surface area contributed by atoms with Gasteiger partial charge in [0, 0.05) is 25.4 Å². The van der Waals surface area contributed by atoms with Crippen molar-refractivity contribution in [3.8, 4) is 0 Å². The lowest BCUT2D eigenvalue weighted by atomic mass is 10.1. The van der Waals surface area contributed by atoms with Gasteiger partial charge in [0.25, 0.3) is 11.5 Å². The second kappa shape index (κ2) is 7.45. The first-order chi connectivity index (χ1) is 11.6. The highest BCUT2D eigenvalue weighted by atomic mass is 16.5. The molecular weight excluding hydrogens is 304 g/mol. The average Bonchev–Trinajstić information content (AvgIpc) is 3.08.